The number of nitrogen functional groups attached to an aromatic ring is 1. The predicted molar refractivity (Wildman–Crippen MR) is 37.1 cm³/mol. The van der Waals surface area contributed by atoms with Gasteiger partial charge in [-0.2, -0.15) is 4.73 Å². The van der Waals surface area contributed by atoms with Gasteiger partial charge in [-0.1, -0.05) is 0 Å². The van der Waals surface area contributed by atoms with Crippen molar-refractivity contribution in [2.75, 3.05) is 0 Å². The Hall–Kier alpha value is -1.62. The molecule has 0 fully saturated rings. The first-order valence-corrected chi connectivity index (χ1v) is 2.95. The van der Waals surface area contributed by atoms with Gasteiger partial charge in [-0.25, -0.2) is 5.84 Å². The molecule has 0 bridgehead atoms. The number of carbonyl (C=O) groups excluding carboxylic acids is 1. The second-order valence-corrected chi connectivity index (χ2v) is 1.89. The van der Waals surface area contributed by atoms with Crippen LogP contribution in [0.3, 0.4) is 0 Å². The van der Waals surface area contributed by atoms with Crippen molar-refractivity contribution in [3.8, 4) is 0 Å². The molecule has 1 aromatic rings. The van der Waals surface area contributed by atoms with Gasteiger partial charge < -0.3 is 5.21 Å². The zero-order chi connectivity index (χ0) is 8.27. The van der Waals surface area contributed by atoms with Crippen molar-refractivity contribution in [3.05, 3.63) is 35.3 Å². The number of rotatable bonds is 1. The Morgan fingerprint density at radius 2 is 2.36 bits per heavy atom. The van der Waals surface area contributed by atoms with Crippen molar-refractivity contribution in [3.63, 3.8) is 0 Å². The molecule has 11 heavy (non-hydrogen) atoms. The molecule has 3 N–H and O–H groups in total. The van der Waals surface area contributed by atoms with E-state index in [-0.39, 0.29) is 5.69 Å². The van der Waals surface area contributed by atoms with Crippen LogP contribution < -0.4 is 16.0 Å². The number of hydrazine groups is 1. The second-order valence-electron chi connectivity index (χ2n) is 1.89. The highest BCUT2D eigenvalue weighted by Gasteiger charge is 2.11. The quantitative estimate of drug-likeness (QED) is 0.177. The molecule has 0 spiro atoms. The van der Waals surface area contributed by atoms with Crippen LogP contribution in [0.4, 0.5) is 0 Å². The standard InChI is InChI=1S/C6H7N3O2/c7-8-6(10)5-3-1-2-4-9(5)11/h1-4H,7H2,(H,8,10). The van der Waals surface area contributed by atoms with Crippen LogP contribution >= 0.6 is 0 Å². The van der Waals surface area contributed by atoms with Gasteiger partial charge in [0.05, 0.1) is 0 Å². The molecule has 0 aliphatic carbocycles. The Morgan fingerprint density at radius 3 is 2.91 bits per heavy atom. The number of amides is 1. The lowest BCUT2D eigenvalue weighted by Crippen LogP contribution is -2.41. The average Bonchev–Trinajstić information content (AvgIpc) is 2.04. The zero-order valence-electron chi connectivity index (χ0n) is 5.65. The minimum Gasteiger partial charge on any atom is -0.618 e. The second kappa shape index (κ2) is 2.98. The summed E-state index contributed by atoms with van der Waals surface area (Å²) in [6.07, 6.45) is 1.23. The number of pyridine rings is 1. The third-order valence-electron chi connectivity index (χ3n) is 1.19. The van der Waals surface area contributed by atoms with Crippen LogP contribution in [0.5, 0.6) is 0 Å². The van der Waals surface area contributed by atoms with Crippen LogP contribution in [0.25, 0.3) is 0 Å². The van der Waals surface area contributed by atoms with E-state index in [1.165, 1.54) is 18.3 Å². The molecular formula is C6H7N3O2. The monoisotopic (exact) mass is 153 g/mol. The molecule has 0 saturated heterocycles. The third-order valence-corrected chi connectivity index (χ3v) is 1.19. The molecular weight excluding hydrogens is 146 g/mol. The molecule has 1 aromatic heterocycles. The van der Waals surface area contributed by atoms with Gasteiger partial charge in [-0.05, 0) is 6.07 Å². The fourth-order valence-electron chi connectivity index (χ4n) is 0.678. The predicted octanol–water partition coefficient (Wildman–Crippen LogP) is -1.08. The highest BCUT2D eigenvalue weighted by atomic mass is 16.5. The number of aromatic nitrogens is 1. The van der Waals surface area contributed by atoms with Crippen molar-refractivity contribution < 1.29 is 9.52 Å². The topological polar surface area (TPSA) is 82.1 Å². The summed E-state index contributed by atoms with van der Waals surface area (Å²) >= 11 is 0. The van der Waals surface area contributed by atoms with E-state index in [1.807, 2.05) is 5.43 Å². The lowest BCUT2D eigenvalue weighted by atomic mass is 10.3. The van der Waals surface area contributed by atoms with Gasteiger partial charge in [0.2, 0.25) is 0 Å². The Balaban J connectivity index is 3.03. The molecule has 0 atom stereocenters. The molecule has 5 heteroatoms. The van der Waals surface area contributed by atoms with E-state index >= 15 is 0 Å². The van der Waals surface area contributed by atoms with Gasteiger partial charge in [0, 0.05) is 12.1 Å². The summed E-state index contributed by atoms with van der Waals surface area (Å²) < 4.78 is 0.447. The summed E-state index contributed by atoms with van der Waals surface area (Å²) in [7, 11) is 0. The minimum atomic E-state index is -0.597. The average molecular weight is 153 g/mol. The summed E-state index contributed by atoms with van der Waals surface area (Å²) in [6.45, 7) is 0. The van der Waals surface area contributed by atoms with E-state index in [0.717, 1.165) is 0 Å². The third kappa shape index (κ3) is 1.44. The lowest BCUT2D eigenvalue weighted by molar-refractivity contribution is -0.607. The molecule has 1 heterocycles. The van der Waals surface area contributed by atoms with E-state index < -0.39 is 5.91 Å². The lowest BCUT2D eigenvalue weighted by Gasteiger charge is -2.00. The van der Waals surface area contributed by atoms with Crippen molar-refractivity contribution >= 4 is 5.91 Å². The van der Waals surface area contributed by atoms with Crippen molar-refractivity contribution in [1.82, 2.24) is 5.43 Å². The summed E-state index contributed by atoms with van der Waals surface area (Å²) in [5.74, 6) is 4.22. The normalized spacial score (nSPS) is 9.18. The summed E-state index contributed by atoms with van der Waals surface area (Å²) in [4.78, 5) is 10.8. The van der Waals surface area contributed by atoms with E-state index in [0.29, 0.717) is 4.73 Å². The molecule has 58 valence electrons. The fraction of sp³-hybridized carbons (Fsp3) is 0. The van der Waals surface area contributed by atoms with Crippen LogP contribution in [0, 0.1) is 5.21 Å². The first-order valence-electron chi connectivity index (χ1n) is 2.95. The molecule has 0 unspecified atom stereocenters. The van der Waals surface area contributed by atoms with Gasteiger partial charge in [0.25, 0.3) is 5.69 Å². The number of nitrogens with two attached hydrogens (primary N) is 1. The number of nitrogens with one attached hydrogen (secondary N) is 1. The molecule has 0 saturated carbocycles. The maximum absolute atomic E-state index is 10.8. The first kappa shape index (κ1) is 7.49. The Bertz CT molecular complexity index is 274. The number of hydrogen-bond acceptors (Lipinski definition) is 3. The van der Waals surface area contributed by atoms with Crippen LogP contribution in [0.2, 0.25) is 0 Å². The molecule has 5 nitrogen and oxygen atoms in total. The van der Waals surface area contributed by atoms with Gasteiger partial charge in [-0.15, -0.1) is 0 Å². The van der Waals surface area contributed by atoms with Gasteiger partial charge in [-0.3, -0.25) is 10.2 Å². The van der Waals surface area contributed by atoms with Crippen LogP contribution in [0.1, 0.15) is 10.5 Å². The molecule has 0 radical (unpaired) electrons. The molecule has 1 rings (SSSR count). The minimum absolute atomic E-state index is 0.0185. The van der Waals surface area contributed by atoms with Crippen LogP contribution in [-0.2, 0) is 0 Å². The Kier molecular flexibility index (Phi) is 2.03. The maximum Gasteiger partial charge on any atom is 0.331 e. The Labute approximate surface area is 63.0 Å². The molecule has 0 aliphatic rings. The number of hydrogen-bond donors (Lipinski definition) is 2. The van der Waals surface area contributed by atoms with Crippen molar-refractivity contribution in [2.24, 2.45) is 5.84 Å². The van der Waals surface area contributed by atoms with E-state index in [9.17, 15) is 10.0 Å². The first-order chi connectivity index (χ1) is 5.25. The van der Waals surface area contributed by atoms with Crippen molar-refractivity contribution in [1.29, 1.82) is 0 Å². The highest BCUT2D eigenvalue weighted by molar-refractivity contribution is 5.90. The van der Waals surface area contributed by atoms with Crippen molar-refractivity contribution in [2.45, 2.75) is 0 Å². The zero-order valence-corrected chi connectivity index (χ0v) is 5.65. The molecule has 0 aromatic carbocycles. The number of nitrogens with zero attached hydrogens (tertiary/aromatic N) is 1. The van der Waals surface area contributed by atoms with Gasteiger partial charge in [0.1, 0.15) is 0 Å². The summed E-state index contributed by atoms with van der Waals surface area (Å²) in [5, 5.41) is 10.8. The van der Waals surface area contributed by atoms with Gasteiger partial charge >= 0.3 is 5.91 Å². The van der Waals surface area contributed by atoms with Crippen LogP contribution in [-0.4, -0.2) is 5.91 Å². The SMILES string of the molecule is NNC(=O)c1cccc[n+]1[O-]. The van der Waals surface area contributed by atoms with Crippen LogP contribution in [0.15, 0.2) is 24.4 Å². The fourth-order valence-corrected chi connectivity index (χ4v) is 0.678. The largest absolute Gasteiger partial charge is 0.618 e. The van der Waals surface area contributed by atoms with E-state index in [2.05, 4.69) is 0 Å². The van der Waals surface area contributed by atoms with E-state index in [4.69, 9.17) is 5.84 Å². The summed E-state index contributed by atoms with van der Waals surface area (Å²) in [6, 6.07) is 4.49. The Morgan fingerprint density at radius 1 is 1.64 bits per heavy atom. The smallest absolute Gasteiger partial charge is 0.331 e. The molecule has 0 aliphatic heterocycles. The summed E-state index contributed by atoms with van der Waals surface area (Å²) in [5.41, 5.74) is 1.84. The highest BCUT2D eigenvalue weighted by Crippen LogP contribution is 1.88. The number of carbonyl (C=O) groups is 1. The van der Waals surface area contributed by atoms with E-state index in [1.54, 1.807) is 6.07 Å². The van der Waals surface area contributed by atoms with Gasteiger partial charge in [0.15, 0.2) is 6.20 Å². The molecule has 1 amide bonds. The maximum atomic E-state index is 10.8.